The van der Waals surface area contributed by atoms with Gasteiger partial charge in [-0.1, -0.05) is 13.8 Å². The van der Waals surface area contributed by atoms with Gasteiger partial charge in [-0.25, -0.2) is 0 Å². The smallest absolute Gasteiger partial charge is 0.0127 e. The summed E-state index contributed by atoms with van der Waals surface area (Å²) in [6, 6.07) is 1.60. The molecule has 0 spiro atoms. The van der Waals surface area contributed by atoms with Gasteiger partial charge in [-0.15, -0.1) is 0 Å². The third kappa shape index (κ3) is 2.23. The fourth-order valence-electron chi connectivity index (χ4n) is 2.21. The van der Waals surface area contributed by atoms with Gasteiger partial charge in [-0.3, -0.25) is 0 Å². The van der Waals surface area contributed by atoms with Crippen LogP contribution >= 0.6 is 0 Å². The van der Waals surface area contributed by atoms with Crippen LogP contribution in [0, 0.1) is 5.41 Å². The van der Waals surface area contributed by atoms with Crippen molar-refractivity contribution in [1.29, 1.82) is 0 Å². The average molecular weight is 182 g/mol. The first-order chi connectivity index (χ1) is 6.08. The van der Waals surface area contributed by atoms with Crippen LogP contribution in [0.2, 0.25) is 0 Å². The summed E-state index contributed by atoms with van der Waals surface area (Å²) in [5.74, 6) is 0. The molecule has 0 radical (unpaired) electrons. The molecule has 0 aromatic rings. The fraction of sp³-hybridized carbons (Fsp3) is 1.00. The molecule has 13 heavy (non-hydrogen) atoms. The Morgan fingerprint density at radius 2 is 1.77 bits per heavy atom. The standard InChI is InChI=1S/C11H22N2/c1-11(2)8-10(11)12-9-4-6-13(3)7-5-9/h9-10,12H,4-8H2,1-3H3. The summed E-state index contributed by atoms with van der Waals surface area (Å²) in [6.45, 7) is 7.26. The molecule has 76 valence electrons. The first-order valence-electron chi connectivity index (χ1n) is 5.52. The van der Waals surface area contributed by atoms with Crippen molar-refractivity contribution in [2.45, 2.75) is 45.2 Å². The summed E-state index contributed by atoms with van der Waals surface area (Å²) >= 11 is 0. The molecule has 1 saturated heterocycles. The predicted molar refractivity (Wildman–Crippen MR) is 55.8 cm³/mol. The van der Waals surface area contributed by atoms with Crippen LogP contribution in [0.3, 0.4) is 0 Å². The lowest BCUT2D eigenvalue weighted by molar-refractivity contribution is 0.230. The SMILES string of the molecule is CN1CCC(NC2CC2(C)C)CC1. The van der Waals surface area contributed by atoms with Crippen molar-refractivity contribution in [3.05, 3.63) is 0 Å². The van der Waals surface area contributed by atoms with Crippen LogP contribution in [0.15, 0.2) is 0 Å². The second-order valence-electron chi connectivity index (χ2n) is 5.49. The molecule has 1 atom stereocenters. The number of rotatable bonds is 2. The van der Waals surface area contributed by atoms with Gasteiger partial charge in [0.05, 0.1) is 0 Å². The van der Waals surface area contributed by atoms with E-state index in [9.17, 15) is 0 Å². The van der Waals surface area contributed by atoms with Crippen molar-refractivity contribution in [3.8, 4) is 0 Å². The van der Waals surface area contributed by atoms with Crippen LogP contribution in [-0.4, -0.2) is 37.1 Å². The Balaban J connectivity index is 1.72. The number of nitrogens with zero attached hydrogens (tertiary/aromatic N) is 1. The molecule has 2 heteroatoms. The zero-order valence-electron chi connectivity index (χ0n) is 9.14. The van der Waals surface area contributed by atoms with Gasteiger partial charge in [0.25, 0.3) is 0 Å². The summed E-state index contributed by atoms with van der Waals surface area (Å²) in [5.41, 5.74) is 0.587. The normalized spacial score (nSPS) is 34.8. The number of likely N-dealkylation sites (tertiary alicyclic amines) is 1. The summed E-state index contributed by atoms with van der Waals surface area (Å²) in [4.78, 5) is 2.43. The number of piperidine rings is 1. The van der Waals surface area contributed by atoms with Crippen LogP contribution in [0.4, 0.5) is 0 Å². The molecule has 1 aliphatic carbocycles. The van der Waals surface area contributed by atoms with Crippen LogP contribution in [-0.2, 0) is 0 Å². The molecule has 1 unspecified atom stereocenters. The molecule has 2 fully saturated rings. The van der Waals surface area contributed by atoms with Crippen LogP contribution in [0.5, 0.6) is 0 Å². The predicted octanol–water partition coefficient (Wildman–Crippen LogP) is 1.47. The highest BCUT2D eigenvalue weighted by Crippen LogP contribution is 2.45. The molecule has 0 aromatic heterocycles. The Morgan fingerprint density at radius 3 is 2.23 bits per heavy atom. The Bertz CT molecular complexity index is 181. The molecule has 1 aliphatic heterocycles. The molecule has 0 bridgehead atoms. The minimum absolute atomic E-state index is 0.587. The maximum absolute atomic E-state index is 3.78. The highest BCUT2D eigenvalue weighted by atomic mass is 15.1. The van der Waals surface area contributed by atoms with Crippen molar-refractivity contribution >= 4 is 0 Å². The summed E-state index contributed by atoms with van der Waals surface area (Å²) in [5, 5.41) is 3.78. The highest BCUT2D eigenvalue weighted by Gasteiger charge is 2.46. The molecule has 0 aromatic carbocycles. The van der Waals surface area contributed by atoms with Crippen LogP contribution in [0.25, 0.3) is 0 Å². The minimum Gasteiger partial charge on any atom is -0.311 e. The van der Waals surface area contributed by atoms with E-state index in [0.717, 1.165) is 12.1 Å². The number of hydrogen-bond acceptors (Lipinski definition) is 2. The monoisotopic (exact) mass is 182 g/mol. The van der Waals surface area contributed by atoms with Gasteiger partial charge in [0.2, 0.25) is 0 Å². The van der Waals surface area contributed by atoms with Gasteiger partial charge in [0.15, 0.2) is 0 Å². The average Bonchev–Trinajstić information content (AvgIpc) is 2.64. The third-order valence-electron chi connectivity index (χ3n) is 3.67. The second-order valence-corrected chi connectivity index (χ2v) is 5.49. The Kier molecular flexibility index (Phi) is 2.37. The van der Waals surface area contributed by atoms with Gasteiger partial charge in [0, 0.05) is 12.1 Å². The first kappa shape index (κ1) is 9.47. The molecule has 1 saturated carbocycles. The zero-order valence-corrected chi connectivity index (χ0v) is 9.14. The topological polar surface area (TPSA) is 15.3 Å². The van der Waals surface area contributed by atoms with E-state index < -0.39 is 0 Å². The van der Waals surface area contributed by atoms with Crippen molar-refractivity contribution in [2.75, 3.05) is 20.1 Å². The number of nitrogens with one attached hydrogen (secondary N) is 1. The van der Waals surface area contributed by atoms with Crippen molar-refractivity contribution < 1.29 is 0 Å². The van der Waals surface area contributed by atoms with Gasteiger partial charge < -0.3 is 10.2 Å². The second kappa shape index (κ2) is 3.25. The van der Waals surface area contributed by atoms with E-state index in [2.05, 4.69) is 31.1 Å². The molecule has 2 rings (SSSR count). The maximum Gasteiger partial charge on any atom is 0.0127 e. The van der Waals surface area contributed by atoms with E-state index in [0.29, 0.717) is 5.41 Å². The summed E-state index contributed by atoms with van der Waals surface area (Å²) in [7, 11) is 2.22. The molecule has 1 heterocycles. The quantitative estimate of drug-likeness (QED) is 0.695. The fourth-order valence-corrected chi connectivity index (χ4v) is 2.21. The van der Waals surface area contributed by atoms with E-state index in [1.165, 1.54) is 32.4 Å². The van der Waals surface area contributed by atoms with Gasteiger partial charge in [-0.05, 0) is 44.8 Å². The van der Waals surface area contributed by atoms with Crippen LogP contribution in [0.1, 0.15) is 33.1 Å². The lowest BCUT2D eigenvalue weighted by Crippen LogP contribution is -2.42. The van der Waals surface area contributed by atoms with Crippen LogP contribution < -0.4 is 5.32 Å². The van der Waals surface area contributed by atoms with Gasteiger partial charge in [-0.2, -0.15) is 0 Å². The first-order valence-corrected chi connectivity index (χ1v) is 5.52. The Labute approximate surface area is 81.7 Å². The van der Waals surface area contributed by atoms with E-state index >= 15 is 0 Å². The Hall–Kier alpha value is -0.0800. The maximum atomic E-state index is 3.78. The molecule has 2 nitrogen and oxygen atoms in total. The highest BCUT2D eigenvalue weighted by molar-refractivity contribution is 5.03. The van der Waals surface area contributed by atoms with E-state index in [4.69, 9.17) is 0 Å². The van der Waals surface area contributed by atoms with E-state index in [-0.39, 0.29) is 0 Å². The summed E-state index contributed by atoms with van der Waals surface area (Å²) < 4.78 is 0. The number of hydrogen-bond donors (Lipinski definition) is 1. The lowest BCUT2D eigenvalue weighted by Gasteiger charge is -2.30. The Morgan fingerprint density at radius 1 is 1.23 bits per heavy atom. The third-order valence-corrected chi connectivity index (χ3v) is 3.67. The molecular formula is C11H22N2. The van der Waals surface area contributed by atoms with Gasteiger partial charge >= 0.3 is 0 Å². The van der Waals surface area contributed by atoms with Crippen molar-refractivity contribution in [1.82, 2.24) is 10.2 Å². The van der Waals surface area contributed by atoms with E-state index in [1.807, 2.05) is 0 Å². The van der Waals surface area contributed by atoms with E-state index in [1.54, 1.807) is 0 Å². The zero-order chi connectivity index (χ0) is 9.47. The largest absolute Gasteiger partial charge is 0.311 e. The van der Waals surface area contributed by atoms with Crippen molar-refractivity contribution in [3.63, 3.8) is 0 Å². The lowest BCUT2D eigenvalue weighted by atomic mass is 10.0. The molecular weight excluding hydrogens is 160 g/mol. The van der Waals surface area contributed by atoms with Gasteiger partial charge in [0.1, 0.15) is 0 Å². The van der Waals surface area contributed by atoms with Crippen molar-refractivity contribution in [2.24, 2.45) is 5.41 Å². The molecule has 0 amide bonds. The molecule has 1 N–H and O–H groups in total. The minimum atomic E-state index is 0.587. The molecule has 2 aliphatic rings. The summed E-state index contributed by atoms with van der Waals surface area (Å²) in [6.07, 6.45) is 4.05.